The fourth-order valence-electron chi connectivity index (χ4n) is 3.56. The standard InChI is InChI=1S/C19H30N2O2/c1-15-12-16(2)14-21(13-15)11-7-6-10-20-19(22)17-8-4-5-9-18(17)23-3/h4-5,8-9,15-16H,6-7,10-14H2,1-3H3,(H,20,22)/t15-,16+. The molecule has 0 aliphatic carbocycles. The Hall–Kier alpha value is -1.55. The zero-order valence-electron chi connectivity index (χ0n) is 14.7. The molecule has 0 aromatic heterocycles. The van der Waals surface area contributed by atoms with Crippen molar-refractivity contribution in [3.05, 3.63) is 29.8 Å². The SMILES string of the molecule is COc1ccccc1C(=O)NCCCCN1C[C@H](C)C[C@H](C)C1. The van der Waals surface area contributed by atoms with E-state index < -0.39 is 0 Å². The number of ether oxygens (including phenoxy) is 1. The van der Waals surface area contributed by atoms with E-state index in [-0.39, 0.29) is 5.91 Å². The minimum absolute atomic E-state index is 0.0531. The van der Waals surface area contributed by atoms with Gasteiger partial charge in [-0.2, -0.15) is 0 Å². The van der Waals surface area contributed by atoms with Crippen LogP contribution in [0.3, 0.4) is 0 Å². The lowest BCUT2D eigenvalue weighted by molar-refractivity contribution is 0.0948. The van der Waals surface area contributed by atoms with E-state index in [2.05, 4.69) is 24.1 Å². The van der Waals surface area contributed by atoms with E-state index in [4.69, 9.17) is 4.74 Å². The van der Waals surface area contributed by atoms with Crippen molar-refractivity contribution in [2.24, 2.45) is 11.8 Å². The van der Waals surface area contributed by atoms with Crippen LogP contribution < -0.4 is 10.1 Å². The Morgan fingerprint density at radius 1 is 1.22 bits per heavy atom. The van der Waals surface area contributed by atoms with Crippen molar-refractivity contribution >= 4 is 5.91 Å². The lowest BCUT2D eigenvalue weighted by Crippen LogP contribution is -2.39. The van der Waals surface area contributed by atoms with Crippen LogP contribution in [-0.4, -0.2) is 44.1 Å². The Bertz CT molecular complexity index is 494. The summed E-state index contributed by atoms with van der Waals surface area (Å²) in [6.07, 6.45) is 3.50. The third-order valence-electron chi connectivity index (χ3n) is 4.48. The average molecular weight is 318 g/mol. The molecule has 2 rings (SSSR count). The van der Waals surface area contributed by atoms with Crippen LogP contribution in [0.5, 0.6) is 5.75 Å². The lowest BCUT2D eigenvalue weighted by Gasteiger charge is -2.34. The van der Waals surface area contributed by atoms with E-state index in [1.54, 1.807) is 13.2 Å². The quantitative estimate of drug-likeness (QED) is 0.785. The van der Waals surface area contributed by atoms with Crippen molar-refractivity contribution < 1.29 is 9.53 Å². The van der Waals surface area contributed by atoms with Gasteiger partial charge in [0, 0.05) is 19.6 Å². The zero-order chi connectivity index (χ0) is 16.7. The number of nitrogens with zero attached hydrogens (tertiary/aromatic N) is 1. The monoisotopic (exact) mass is 318 g/mol. The minimum atomic E-state index is -0.0531. The third-order valence-corrected chi connectivity index (χ3v) is 4.48. The van der Waals surface area contributed by atoms with Crippen molar-refractivity contribution in [2.75, 3.05) is 33.3 Å². The average Bonchev–Trinajstić information content (AvgIpc) is 2.53. The first-order chi connectivity index (χ1) is 11.1. The summed E-state index contributed by atoms with van der Waals surface area (Å²) in [7, 11) is 1.59. The predicted molar refractivity (Wildman–Crippen MR) is 93.9 cm³/mol. The summed E-state index contributed by atoms with van der Waals surface area (Å²) < 4.78 is 5.23. The summed E-state index contributed by atoms with van der Waals surface area (Å²) in [4.78, 5) is 14.7. The number of benzene rings is 1. The number of piperidine rings is 1. The van der Waals surface area contributed by atoms with Gasteiger partial charge in [0.05, 0.1) is 12.7 Å². The van der Waals surface area contributed by atoms with Gasteiger partial charge < -0.3 is 15.0 Å². The normalized spacial score (nSPS) is 21.9. The number of unbranched alkanes of at least 4 members (excludes halogenated alkanes) is 1. The smallest absolute Gasteiger partial charge is 0.255 e. The van der Waals surface area contributed by atoms with Crippen molar-refractivity contribution in [3.63, 3.8) is 0 Å². The molecule has 2 atom stereocenters. The Morgan fingerprint density at radius 2 is 1.91 bits per heavy atom. The van der Waals surface area contributed by atoms with E-state index in [1.165, 1.54) is 19.5 Å². The van der Waals surface area contributed by atoms with Gasteiger partial charge >= 0.3 is 0 Å². The second kappa shape index (κ2) is 8.92. The largest absolute Gasteiger partial charge is 0.496 e. The zero-order valence-corrected chi connectivity index (χ0v) is 14.7. The molecule has 1 saturated heterocycles. The maximum Gasteiger partial charge on any atom is 0.255 e. The molecule has 1 fully saturated rings. The number of methoxy groups -OCH3 is 1. The van der Waals surface area contributed by atoms with Gasteiger partial charge in [-0.15, -0.1) is 0 Å². The van der Waals surface area contributed by atoms with Crippen LogP contribution in [-0.2, 0) is 0 Å². The summed E-state index contributed by atoms with van der Waals surface area (Å²) in [6.45, 7) is 8.98. The summed E-state index contributed by atoms with van der Waals surface area (Å²) in [5.41, 5.74) is 0.605. The van der Waals surface area contributed by atoms with Gasteiger partial charge in [-0.3, -0.25) is 4.79 Å². The molecule has 4 heteroatoms. The van der Waals surface area contributed by atoms with Crippen molar-refractivity contribution in [1.82, 2.24) is 10.2 Å². The highest BCUT2D eigenvalue weighted by molar-refractivity contribution is 5.96. The van der Waals surface area contributed by atoms with Gasteiger partial charge in [0.2, 0.25) is 0 Å². The maximum absolute atomic E-state index is 12.2. The van der Waals surface area contributed by atoms with Crippen LogP contribution in [0.2, 0.25) is 0 Å². The first kappa shape index (κ1) is 17.8. The molecule has 4 nitrogen and oxygen atoms in total. The molecule has 1 amide bonds. The van der Waals surface area contributed by atoms with Gasteiger partial charge in [0.1, 0.15) is 5.75 Å². The first-order valence-corrected chi connectivity index (χ1v) is 8.73. The number of carbonyl (C=O) groups excluding carboxylic acids is 1. The van der Waals surface area contributed by atoms with Crippen molar-refractivity contribution in [3.8, 4) is 5.75 Å². The number of nitrogens with one attached hydrogen (secondary N) is 1. The van der Waals surface area contributed by atoms with Crippen LogP contribution in [0.1, 0.15) is 43.5 Å². The van der Waals surface area contributed by atoms with Gasteiger partial charge in [-0.05, 0) is 49.8 Å². The number of hydrogen-bond acceptors (Lipinski definition) is 3. The summed E-state index contributed by atoms with van der Waals surface area (Å²) in [5.74, 6) is 2.19. The highest BCUT2D eigenvalue weighted by Crippen LogP contribution is 2.21. The third kappa shape index (κ3) is 5.54. The second-order valence-electron chi connectivity index (χ2n) is 6.87. The summed E-state index contributed by atoms with van der Waals surface area (Å²) in [5, 5.41) is 2.99. The molecule has 23 heavy (non-hydrogen) atoms. The molecule has 1 N–H and O–H groups in total. The van der Waals surface area contributed by atoms with Crippen molar-refractivity contribution in [1.29, 1.82) is 0 Å². The highest BCUT2D eigenvalue weighted by atomic mass is 16.5. The van der Waals surface area contributed by atoms with Gasteiger partial charge in [-0.1, -0.05) is 26.0 Å². The summed E-state index contributed by atoms with van der Waals surface area (Å²) in [6, 6.07) is 7.34. The molecule has 0 spiro atoms. The molecular formula is C19H30N2O2. The van der Waals surface area contributed by atoms with Gasteiger partial charge in [-0.25, -0.2) is 0 Å². The molecule has 1 aromatic carbocycles. The number of amides is 1. The fraction of sp³-hybridized carbons (Fsp3) is 0.632. The number of para-hydroxylation sites is 1. The Kier molecular flexibility index (Phi) is 6.90. The van der Waals surface area contributed by atoms with Crippen LogP contribution >= 0.6 is 0 Å². The number of carbonyl (C=O) groups is 1. The molecule has 0 bridgehead atoms. The second-order valence-corrected chi connectivity index (χ2v) is 6.87. The van der Waals surface area contributed by atoms with E-state index in [9.17, 15) is 4.79 Å². The van der Waals surface area contributed by atoms with Crippen LogP contribution in [0, 0.1) is 11.8 Å². The molecule has 0 saturated carbocycles. The predicted octanol–water partition coefficient (Wildman–Crippen LogP) is 3.18. The van der Waals surface area contributed by atoms with Gasteiger partial charge in [0.15, 0.2) is 0 Å². The van der Waals surface area contributed by atoms with Crippen LogP contribution in [0.4, 0.5) is 0 Å². The molecule has 1 aliphatic rings. The maximum atomic E-state index is 12.2. The molecule has 0 unspecified atom stereocenters. The molecule has 0 radical (unpaired) electrons. The molecular weight excluding hydrogens is 288 g/mol. The topological polar surface area (TPSA) is 41.6 Å². The summed E-state index contributed by atoms with van der Waals surface area (Å²) >= 11 is 0. The first-order valence-electron chi connectivity index (χ1n) is 8.73. The fourth-order valence-corrected chi connectivity index (χ4v) is 3.56. The number of rotatable bonds is 7. The Morgan fingerprint density at radius 3 is 2.61 bits per heavy atom. The molecule has 1 aromatic rings. The van der Waals surface area contributed by atoms with E-state index in [1.807, 2.05) is 18.2 Å². The molecule has 128 valence electrons. The number of likely N-dealkylation sites (tertiary alicyclic amines) is 1. The van der Waals surface area contributed by atoms with E-state index in [0.717, 1.165) is 37.8 Å². The highest BCUT2D eigenvalue weighted by Gasteiger charge is 2.21. The van der Waals surface area contributed by atoms with Crippen LogP contribution in [0.25, 0.3) is 0 Å². The van der Waals surface area contributed by atoms with Crippen molar-refractivity contribution in [2.45, 2.75) is 33.1 Å². The van der Waals surface area contributed by atoms with Gasteiger partial charge in [0.25, 0.3) is 5.91 Å². The van der Waals surface area contributed by atoms with E-state index in [0.29, 0.717) is 11.3 Å². The number of hydrogen-bond donors (Lipinski definition) is 1. The minimum Gasteiger partial charge on any atom is -0.496 e. The molecule has 1 aliphatic heterocycles. The Labute approximate surface area is 140 Å². The van der Waals surface area contributed by atoms with Crippen LogP contribution in [0.15, 0.2) is 24.3 Å². The Balaban J connectivity index is 1.66. The lowest BCUT2D eigenvalue weighted by atomic mass is 9.92. The van der Waals surface area contributed by atoms with E-state index >= 15 is 0 Å². The molecule has 1 heterocycles.